The van der Waals surface area contributed by atoms with E-state index in [2.05, 4.69) is 32.2 Å². The zero-order valence-corrected chi connectivity index (χ0v) is 11.8. The van der Waals surface area contributed by atoms with Crippen molar-refractivity contribution in [1.82, 2.24) is 14.8 Å². The van der Waals surface area contributed by atoms with Crippen molar-refractivity contribution in [1.29, 1.82) is 0 Å². The predicted molar refractivity (Wildman–Crippen MR) is 78.3 cm³/mol. The molecule has 0 radical (unpaired) electrons. The highest BCUT2D eigenvalue weighted by molar-refractivity contribution is 5.36. The number of anilines is 1. The van der Waals surface area contributed by atoms with Gasteiger partial charge in [0.05, 0.1) is 0 Å². The molecule has 19 heavy (non-hydrogen) atoms. The molecule has 3 rings (SSSR count). The van der Waals surface area contributed by atoms with Gasteiger partial charge < -0.3 is 5.32 Å². The van der Waals surface area contributed by atoms with Crippen LogP contribution in [0, 0.1) is 0 Å². The van der Waals surface area contributed by atoms with Gasteiger partial charge in [-0.15, -0.1) is 0 Å². The average Bonchev–Trinajstić information content (AvgIpc) is 3.09. The van der Waals surface area contributed by atoms with Crippen LogP contribution >= 0.6 is 0 Å². The first-order chi connectivity index (χ1) is 9.35. The standard InChI is InChI=1S/C15H24N4/c1-16-15-10-13(4-6-17-15)11-18-9-5-14(12-18)19-7-2-3-8-19/h4,6,10,14H,2-3,5,7-9,11-12H2,1H3,(H,16,17). The second kappa shape index (κ2) is 5.88. The zero-order valence-electron chi connectivity index (χ0n) is 11.8. The molecule has 2 aliphatic rings. The van der Waals surface area contributed by atoms with E-state index in [1.165, 1.54) is 51.0 Å². The van der Waals surface area contributed by atoms with Crippen molar-refractivity contribution in [3.63, 3.8) is 0 Å². The fraction of sp³-hybridized carbons (Fsp3) is 0.667. The van der Waals surface area contributed by atoms with Gasteiger partial charge in [0.25, 0.3) is 0 Å². The first-order valence-corrected chi connectivity index (χ1v) is 7.44. The molecule has 3 heterocycles. The Morgan fingerprint density at radius 1 is 1.32 bits per heavy atom. The van der Waals surface area contributed by atoms with Gasteiger partial charge in [0.15, 0.2) is 0 Å². The van der Waals surface area contributed by atoms with E-state index < -0.39 is 0 Å². The molecule has 1 atom stereocenters. The van der Waals surface area contributed by atoms with Gasteiger partial charge in [-0.1, -0.05) is 0 Å². The molecule has 0 saturated carbocycles. The van der Waals surface area contributed by atoms with Crippen LogP contribution in [-0.4, -0.2) is 54.1 Å². The second-order valence-corrected chi connectivity index (χ2v) is 5.72. The van der Waals surface area contributed by atoms with Crippen LogP contribution in [-0.2, 0) is 6.54 Å². The summed E-state index contributed by atoms with van der Waals surface area (Å²) in [6.07, 6.45) is 6.03. The number of nitrogens with zero attached hydrogens (tertiary/aromatic N) is 3. The molecular weight excluding hydrogens is 236 g/mol. The minimum atomic E-state index is 0.799. The van der Waals surface area contributed by atoms with Gasteiger partial charge in [0.2, 0.25) is 0 Å². The molecule has 0 bridgehead atoms. The zero-order chi connectivity index (χ0) is 13.1. The topological polar surface area (TPSA) is 31.4 Å². The van der Waals surface area contributed by atoms with Crippen molar-refractivity contribution in [3.05, 3.63) is 23.9 Å². The Labute approximate surface area is 115 Å². The largest absolute Gasteiger partial charge is 0.373 e. The maximum Gasteiger partial charge on any atom is 0.125 e. The normalized spacial score (nSPS) is 25.0. The quantitative estimate of drug-likeness (QED) is 0.894. The molecule has 104 valence electrons. The number of hydrogen-bond donors (Lipinski definition) is 1. The minimum Gasteiger partial charge on any atom is -0.373 e. The summed E-state index contributed by atoms with van der Waals surface area (Å²) in [7, 11) is 1.92. The summed E-state index contributed by atoms with van der Waals surface area (Å²) in [5.41, 5.74) is 1.36. The van der Waals surface area contributed by atoms with Gasteiger partial charge in [-0.3, -0.25) is 9.80 Å². The molecule has 2 fully saturated rings. The Kier molecular flexibility index (Phi) is 3.99. The molecule has 4 heteroatoms. The van der Waals surface area contributed by atoms with Crippen LogP contribution in [0.4, 0.5) is 5.82 Å². The molecule has 2 aliphatic heterocycles. The van der Waals surface area contributed by atoms with Crippen molar-refractivity contribution >= 4 is 5.82 Å². The third kappa shape index (κ3) is 3.07. The highest BCUT2D eigenvalue weighted by atomic mass is 15.3. The molecule has 1 unspecified atom stereocenters. The van der Waals surface area contributed by atoms with E-state index in [9.17, 15) is 0 Å². The van der Waals surface area contributed by atoms with Crippen LogP contribution in [0.25, 0.3) is 0 Å². The maximum absolute atomic E-state index is 4.27. The van der Waals surface area contributed by atoms with Gasteiger partial charge in [-0.25, -0.2) is 4.98 Å². The maximum atomic E-state index is 4.27. The highest BCUT2D eigenvalue weighted by Gasteiger charge is 2.28. The lowest BCUT2D eigenvalue weighted by Crippen LogP contribution is -2.35. The van der Waals surface area contributed by atoms with Crippen molar-refractivity contribution < 1.29 is 0 Å². The minimum absolute atomic E-state index is 0.799. The van der Waals surface area contributed by atoms with Crippen molar-refractivity contribution in [2.75, 3.05) is 38.5 Å². The summed E-state index contributed by atoms with van der Waals surface area (Å²) in [6, 6.07) is 5.08. The average molecular weight is 260 g/mol. The molecule has 0 spiro atoms. The second-order valence-electron chi connectivity index (χ2n) is 5.72. The fourth-order valence-corrected chi connectivity index (χ4v) is 3.33. The van der Waals surface area contributed by atoms with E-state index in [1.807, 2.05) is 13.2 Å². The highest BCUT2D eigenvalue weighted by Crippen LogP contribution is 2.22. The number of rotatable bonds is 4. The third-order valence-corrected chi connectivity index (χ3v) is 4.39. The van der Waals surface area contributed by atoms with Gasteiger partial charge in [-0.05, 0) is 50.0 Å². The number of likely N-dealkylation sites (tertiary alicyclic amines) is 2. The summed E-state index contributed by atoms with van der Waals surface area (Å²) < 4.78 is 0. The smallest absolute Gasteiger partial charge is 0.125 e. The van der Waals surface area contributed by atoms with E-state index in [0.717, 1.165) is 18.4 Å². The predicted octanol–water partition coefficient (Wildman–Crippen LogP) is 1.79. The Balaban J connectivity index is 1.56. The lowest BCUT2D eigenvalue weighted by molar-refractivity contribution is 0.230. The van der Waals surface area contributed by atoms with Crippen LogP contribution in [0.1, 0.15) is 24.8 Å². The number of aromatic nitrogens is 1. The van der Waals surface area contributed by atoms with Crippen molar-refractivity contribution in [3.8, 4) is 0 Å². The molecule has 1 aromatic rings. The number of nitrogens with one attached hydrogen (secondary N) is 1. The van der Waals surface area contributed by atoms with Crippen molar-refractivity contribution in [2.45, 2.75) is 31.8 Å². The van der Waals surface area contributed by atoms with E-state index >= 15 is 0 Å². The van der Waals surface area contributed by atoms with Crippen LogP contribution < -0.4 is 5.32 Å². The Morgan fingerprint density at radius 2 is 2.16 bits per heavy atom. The van der Waals surface area contributed by atoms with E-state index in [1.54, 1.807) is 0 Å². The van der Waals surface area contributed by atoms with Crippen LogP contribution in [0.15, 0.2) is 18.3 Å². The van der Waals surface area contributed by atoms with E-state index in [-0.39, 0.29) is 0 Å². The summed E-state index contributed by atoms with van der Waals surface area (Å²) in [5.74, 6) is 0.966. The molecule has 0 aromatic carbocycles. The SMILES string of the molecule is CNc1cc(CN2CCC(N3CCCC3)C2)ccn1. The van der Waals surface area contributed by atoms with Gasteiger partial charge in [0, 0.05) is 38.9 Å². The number of pyridine rings is 1. The van der Waals surface area contributed by atoms with Crippen molar-refractivity contribution in [2.24, 2.45) is 0 Å². The Hall–Kier alpha value is -1.13. The Bertz CT molecular complexity index is 414. The van der Waals surface area contributed by atoms with E-state index in [4.69, 9.17) is 0 Å². The summed E-state index contributed by atoms with van der Waals surface area (Å²) >= 11 is 0. The summed E-state index contributed by atoms with van der Waals surface area (Å²) in [4.78, 5) is 9.54. The van der Waals surface area contributed by atoms with E-state index in [0.29, 0.717) is 0 Å². The summed E-state index contributed by atoms with van der Waals surface area (Å²) in [6.45, 7) is 6.16. The van der Waals surface area contributed by atoms with Gasteiger partial charge >= 0.3 is 0 Å². The molecule has 1 aromatic heterocycles. The fourth-order valence-electron chi connectivity index (χ4n) is 3.33. The molecule has 2 saturated heterocycles. The molecule has 4 nitrogen and oxygen atoms in total. The lowest BCUT2D eigenvalue weighted by atomic mass is 10.2. The first kappa shape index (κ1) is 12.9. The van der Waals surface area contributed by atoms with Gasteiger partial charge in [-0.2, -0.15) is 0 Å². The molecule has 0 amide bonds. The lowest BCUT2D eigenvalue weighted by Gasteiger charge is -2.23. The first-order valence-electron chi connectivity index (χ1n) is 7.44. The molecular formula is C15H24N4. The number of hydrogen-bond acceptors (Lipinski definition) is 4. The third-order valence-electron chi connectivity index (χ3n) is 4.39. The summed E-state index contributed by atoms with van der Waals surface area (Å²) in [5, 5.41) is 3.11. The van der Waals surface area contributed by atoms with Crippen LogP contribution in [0.5, 0.6) is 0 Å². The van der Waals surface area contributed by atoms with Crippen LogP contribution in [0.3, 0.4) is 0 Å². The van der Waals surface area contributed by atoms with Crippen LogP contribution in [0.2, 0.25) is 0 Å². The van der Waals surface area contributed by atoms with Gasteiger partial charge in [0.1, 0.15) is 5.82 Å². The monoisotopic (exact) mass is 260 g/mol. The molecule has 0 aliphatic carbocycles. The molecule has 1 N–H and O–H groups in total. The Morgan fingerprint density at radius 3 is 2.95 bits per heavy atom.